The van der Waals surface area contributed by atoms with Gasteiger partial charge in [0.1, 0.15) is 6.54 Å². The van der Waals surface area contributed by atoms with Gasteiger partial charge < -0.3 is 9.63 Å². The molecule has 0 atom stereocenters. The second-order valence-corrected chi connectivity index (χ2v) is 11.1. The van der Waals surface area contributed by atoms with Crippen molar-refractivity contribution in [2.75, 3.05) is 10.8 Å². The van der Waals surface area contributed by atoms with Crippen LogP contribution in [0.15, 0.2) is 94.3 Å². The zero-order valence-electron chi connectivity index (χ0n) is 19.6. The average Bonchev–Trinajstić information content (AvgIpc) is 3.34. The Hall–Kier alpha value is -3.92. The van der Waals surface area contributed by atoms with Crippen molar-refractivity contribution < 1.29 is 22.8 Å². The number of nitrogens with zero attached hydrogens (tertiary/aromatic N) is 3. The lowest BCUT2D eigenvalue weighted by Gasteiger charge is -2.23. The van der Waals surface area contributed by atoms with E-state index in [-0.39, 0.29) is 20.6 Å². The highest BCUT2D eigenvalue weighted by Crippen LogP contribution is 2.33. The monoisotopic (exact) mass is 567 g/mol. The zero-order chi connectivity index (χ0) is 26.9. The number of aromatic nitrogens is 2. The molecule has 0 bridgehead atoms. The van der Waals surface area contributed by atoms with E-state index in [2.05, 4.69) is 10.1 Å². The maximum atomic E-state index is 13.5. The van der Waals surface area contributed by atoms with Gasteiger partial charge in [-0.15, -0.1) is 0 Å². The van der Waals surface area contributed by atoms with Gasteiger partial charge in [0.05, 0.1) is 17.0 Å². The summed E-state index contributed by atoms with van der Waals surface area (Å²) in [5.74, 6) is -0.482. The number of aliphatic carboxylic acids is 1. The number of rotatable bonds is 8. The van der Waals surface area contributed by atoms with Crippen molar-refractivity contribution in [1.82, 2.24) is 10.1 Å². The molecule has 5 rings (SSSR count). The van der Waals surface area contributed by atoms with Crippen LogP contribution in [0.5, 0.6) is 0 Å². The van der Waals surface area contributed by atoms with Gasteiger partial charge in [0.25, 0.3) is 10.0 Å². The lowest BCUT2D eigenvalue weighted by molar-refractivity contribution is -0.135. The minimum Gasteiger partial charge on any atom is -0.480 e. The summed E-state index contributed by atoms with van der Waals surface area (Å²) in [6, 6.07) is 23.8. The first kappa shape index (κ1) is 25.7. The SMILES string of the molecule is O=C(O)CN(c1ccc2c(-c3noc(Cc4ccccc4)n3)cccc2c1)S(=O)(=O)c1cc(Cl)cc(Cl)c1. The summed E-state index contributed by atoms with van der Waals surface area (Å²) in [5.41, 5.74) is 1.88. The number of anilines is 1. The van der Waals surface area contributed by atoms with Crippen molar-refractivity contribution in [3.63, 3.8) is 0 Å². The topological polar surface area (TPSA) is 114 Å². The third-order valence-electron chi connectivity index (χ3n) is 5.76. The largest absolute Gasteiger partial charge is 0.480 e. The maximum Gasteiger partial charge on any atom is 0.324 e. The third-order valence-corrected chi connectivity index (χ3v) is 7.95. The Balaban J connectivity index is 1.53. The molecule has 0 aliphatic heterocycles. The molecule has 0 unspecified atom stereocenters. The Morgan fingerprint density at radius 2 is 1.66 bits per heavy atom. The number of halogens is 2. The number of fused-ring (bicyclic) bond motifs is 1. The first-order chi connectivity index (χ1) is 18.2. The van der Waals surface area contributed by atoms with Gasteiger partial charge in [-0.1, -0.05) is 83.0 Å². The van der Waals surface area contributed by atoms with Crippen molar-refractivity contribution in [3.8, 4) is 11.4 Å². The molecule has 0 spiro atoms. The Bertz CT molecular complexity index is 1740. The van der Waals surface area contributed by atoms with Gasteiger partial charge in [0.15, 0.2) is 0 Å². The van der Waals surface area contributed by atoms with Crippen molar-refractivity contribution in [3.05, 3.63) is 106 Å². The first-order valence-corrected chi connectivity index (χ1v) is 13.5. The molecule has 0 aliphatic rings. The van der Waals surface area contributed by atoms with Crippen LogP contribution in [0.3, 0.4) is 0 Å². The van der Waals surface area contributed by atoms with E-state index in [0.717, 1.165) is 15.3 Å². The van der Waals surface area contributed by atoms with Crippen molar-refractivity contribution in [2.24, 2.45) is 0 Å². The minimum atomic E-state index is -4.31. The van der Waals surface area contributed by atoms with Gasteiger partial charge in [-0.25, -0.2) is 8.42 Å². The van der Waals surface area contributed by atoms with E-state index in [0.29, 0.717) is 29.1 Å². The molecule has 1 heterocycles. The second kappa shape index (κ2) is 10.4. The standard InChI is InChI=1S/C27H19Cl2N3O5S/c28-19-13-20(29)15-22(14-19)38(35,36)32(16-26(33)34)21-9-10-23-18(12-21)7-4-8-24(23)27-30-25(37-31-27)11-17-5-2-1-3-6-17/h1-10,12-15H,11,16H2,(H,33,34). The number of hydrogen-bond acceptors (Lipinski definition) is 6. The van der Waals surface area contributed by atoms with E-state index >= 15 is 0 Å². The summed E-state index contributed by atoms with van der Waals surface area (Å²) in [6.45, 7) is -0.800. The summed E-state index contributed by atoms with van der Waals surface area (Å²) in [4.78, 5) is 16.0. The van der Waals surface area contributed by atoms with Gasteiger partial charge in [0.2, 0.25) is 11.7 Å². The molecule has 11 heteroatoms. The minimum absolute atomic E-state index is 0.112. The maximum absolute atomic E-state index is 13.5. The lowest BCUT2D eigenvalue weighted by Crippen LogP contribution is -2.35. The second-order valence-electron chi connectivity index (χ2n) is 8.40. The van der Waals surface area contributed by atoms with Gasteiger partial charge in [-0.2, -0.15) is 4.98 Å². The molecular formula is C27H19Cl2N3O5S. The lowest BCUT2D eigenvalue weighted by atomic mass is 10.0. The van der Waals surface area contributed by atoms with Crippen LogP contribution in [0, 0.1) is 0 Å². The Morgan fingerprint density at radius 1 is 0.921 bits per heavy atom. The predicted molar refractivity (Wildman–Crippen MR) is 145 cm³/mol. The number of sulfonamides is 1. The van der Waals surface area contributed by atoms with Gasteiger partial charge >= 0.3 is 5.97 Å². The predicted octanol–water partition coefficient (Wildman–Crippen LogP) is 6.07. The number of carboxylic acids is 1. The molecule has 0 saturated carbocycles. The summed E-state index contributed by atoms with van der Waals surface area (Å²) in [7, 11) is -4.31. The van der Waals surface area contributed by atoms with Crippen LogP contribution in [0.4, 0.5) is 5.69 Å². The molecule has 192 valence electrons. The summed E-state index contributed by atoms with van der Waals surface area (Å²) < 4.78 is 33.2. The summed E-state index contributed by atoms with van der Waals surface area (Å²) in [5, 5.41) is 15.2. The highest BCUT2D eigenvalue weighted by molar-refractivity contribution is 7.92. The van der Waals surface area contributed by atoms with Crippen LogP contribution >= 0.6 is 23.2 Å². The third kappa shape index (κ3) is 5.35. The van der Waals surface area contributed by atoms with Crippen molar-refractivity contribution in [1.29, 1.82) is 0 Å². The normalized spacial score (nSPS) is 11.5. The molecule has 8 nitrogen and oxygen atoms in total. The van der Waals surface area contributed by atoms with E-state index < -0.39 is 22.5 Å². The smallest absolute Gasteiger partial charge is 0.324 e. The number of carboxylic acid groups (broad SMARTS) is 1. The quantitative estimate of drug-likeness (QED) is 0.242. The highest BCUT2D eigenvalue weighted by Gasteiger charge is 2.28. The fourth-order valence-electron chi connectivity index (χ4n) is 4.07. The molecular weight excluding hydrogens is 549 g/mol. The highest BCUT2D eigenvalue weighted by atomic mass is 35.5. The van der Waals surface area contributed by atoms with Gasteiger partial charge in [-0.05, 0) is 46.7 Å². The Kier molecular flexibility index (Phi) is 7.07. The first-order valence-electron chi connectivity index (χ1n) is 11.3. The molecule has 38 heavy (non-hydrogen) atoms. The summed E-state index contributed by atoms with van der Waals surface area (Å²) in [6.07, 6.45) is 0.484. The molecule has 0 amide bonds. The van der Waals surface area contributed by atoms with E-state index in [1.807, 2.05) is 36.4 Å². The van der Waals surface area contributed by atoms with Gasteiger partial charge in [-0.3, -0.25) is 9.10 Å². The van der Waals surface area contributed by atoms with Crippen LogP contribution in [0.2, 0.25) is 10.0 Å². The molecule has 1 aromatic heterocycles. The zero-order valence-corrected chi connectivity index (χ0v) is 21.9. The Labute approximate surface area is 228 Å². The molecule has 0 radical (unpaired) electrons. The van der Waals surface area contributed by atoms with E-state index in [4.69, 9.17) is 27.7 Å². The van der Waals surface area contributed by atoms with Crippen LogP contribution in [-0.2, 0) is 21.2 Å². The molecule has 0 aliphatic carbocycles. The van der Waals surface area contributed by atoms with Crippen LogP contribution in [0.25, 0.3) is 22.2 Å². The number of carbonyl (C=O) groups is 1. The molecule has 0 fully saturated rings. The molecule has 5 aromatic rings. The van der Waals surface area contributed by atoms with E-state index in [9.17, 15) is 18.3 Å². The van der Waals surface area contributed by atoms with Crippen LogP contribution in [-0.4, -0.2) is 36.2 Å². The van der Waals surface area contributed by atoms with E-state index in [1.165, 1.54) is 24.3 Å². The molecule has 1 N–H and O–H groups in total. The average molecular weight is 568 g/mol. The van der Waals surface area contributed by atoms with Crippen molar-refractivity contribution >= 4 is 55.7 Å². The molecule has 4 aromatic carbocycles. The van der Waals surface area contributed by atoms with Crippen LogP contribution in [0.1, 0.15) is 11.5 Å². The Morgan fingerprint density at radius 3 is 2.37 bits per heavy atom. The van der Waals surface area contributed by atoms with Crippen LogP contribution < -0.4 is 4.31 Å². The van der Waals surface area contributed by atoms with Gasteiger partial charge in [0, 0.05) is 15.6 Å². The fraction of sp³-hybridized carbons (Fsp3) is 0.0741. The molecule has 0 saturated heterocycles. The number of hydrogen-bond donors (Lipinski definition) is 1. The van der Waals surface area contributed by atoms with Crippen molar-refractivity contribution in [2.45, 2.75) is 11.3 Å². The number of benzene rings is 4. The summed E-state index contributed by atoms with van der Waals surface area (Å²) >= 11 is 12.0. The fourth-order valence-corrected chi connectivity index (χ4v) is 6.20. The van der Waals surface area contributed by atoms with E-state index in [1.54, 1.807) is 24.3 Å².